The maximum absolute atomic E-state index is 12.6. The van der Waals surface area contributed by atoms with Crippen LogP contribution in [0.25, 0.3) is 0 Å². The molecule has 0 aliphatic carbocycles. The first-order valence-corrected chi connectivity index (χ1v) is 10.9. The number of esters is 1. The fourth-order valence-electron chi connectivity index (χ4n) is 2.56. The third-order valence-corrected chi connectivity index (χ3v) is 6.45. The smallest absolute Gasteiger partial charge is 0.338 e. The van der Waals surface area contributed by atoms with Crippen molar-refractivity contribution in [2.45, 2.75) is 25.3 Å². The van der Waals surface area contributed by atoms with E-state index in [1.54, 1.807) is 38.1 Å². The molecule has 0 aliphatic rings. The summed E-state index contributed by atoms with van der Waals surface area (Å²) in [5.41, 5.74) is 0.909. The number of hydrogen-bond acceptors (Lipinski definition) is 5. The highest BCUT2D eigenvalue weighted by molar-refractivity contribution is 7.89. The number of ether oxygens (including phenoxy) is 1. The van der Waals surface area contributed by atoms with Crippen molar-refractivity contribution in [2.24, 2.45) is 0 Å². The molecule has 0 radical (unpaired) electrons. The number of rotatable bonds is 9. The van der Waals surface area contributed by atoms with Crippen molar-refractivity contribution < 1.29 is 22.7 Å². The monoisotopic (exact) mass is 438 g/mol. The maximum Gasteiger partial charge on any atom is 0.338 e. The van der Waals surface area contributed by atoms with Gasteiger partial charge in [0.05, 0.1) is 10.5 Å². The third-order valence-electron chi connectivity index (χ3n) is 4.15. The van der Waals surface area contributed by atoms with Crippen LogP contribution in [0.15, 0.2) is 53.4 Å². The quantitative estimate of drug-likeness (QED) is 0.607. The Balaban J connectivity index is 1.95. The van der Waals surface area contributed by atoms with Crippen molar-refractivity contribution in [3.8, 4) is 0 Å². The summed E-state index contributed by atoms with van der Waals surface area (Å²) in [6.07, 6.45) is 0. The second-order valence-electron chi connectivity index (χ2n) is 6.10. The van der Waals surface area contributed by atoms with E-state index in [1.807, 2.05) is 0 Å². The number of nitrogens with one attached hydrogen (secondary N) is 1. The van der Waals surface area contributed by atoms with Gasteiger partial charge in [-0.3, -0.25) is 4.79 Å². The number of sulfonamides is 1. The predicted octanol–water partition coefficient (Wildman–Crippen LogP) is 2.84. The molecule has 0 atom stereocenters. The fourth-order valence-corrected chi connectivity index (χ4v) is 4.19. The molecule has 0 aromatic heterocycles. The van der Waals surface area contributed by atoms with Crippen LogP contribution in [0.5, 0.6) is 0 Å². The lowest BCUT2D eigenvalue weighted by molar-refractivity contribution is -0.124. The largest absolute Gasteiger partial charge is 0.452 e. The molecule has 1 N–H and O–H groups in total. The van der Waals surface area contributed by atoms with Crippen LogP contribution in [0.1, 0.15) is 29.8 Å². The maximum atomic E-state index is 12.6. The molecule has 0 saturated carbocycles. The zero-order chi connectivity index (χ0) is 21.4. The molecule has 0 spiro atoms. The van der Waals surface area contributed by atoms with E-state index in [9.17, 15) is 18.0 Å². The van der Waals surface area contributed by atoms with Gasteiger partial charge in [0.1, 0.15) is 0 Å². The summed E-state index contributed by atoms with van der Waals surface area (Å²) >= 11 is 5.81. The van der Waals surface area contributed by atoms with Gasteiger partial charge in [-0.1, -0.05) is 43.6 Å². The van der Waals surface area contributed by atoms with Gasteiger partial charge in [-0.25, -0.2) is 13.2 Å². The minimum Gasteiger partial charge on any atom is -0.452 e. The van der Waals surface area contributed by atoms with Gasteiger partial charge in [-0.05, 0) is 35.9 Å². The predicted molar refractivity (Wildman–Crippen MR) is 110 cm³/mol. The highest BCUT2D eigenvalue weighted by atomic mass is 35.5. The van der Waals surface area contributed by atoms with Crippen LogP contribution in [-0.2, 0) is 26.1 Å². The van der Waals surface area contributed by atoms with Gasteiger partial charge in [0.15, 0.2) is 6.61 Å². The molecule has 0 fully saturated rings. The Morgan fingerprint density at radius 1 is 1.07 bits per heavy atom. The number of nitrogens with zero attached hydrogens (tertiary/aromatic N) is 1. The van der Waals surface area contributed by atoms with Crippen molar-refractivity contribution in [1.29, 1.82) is 0 Å². The Bertz CT molecular complexity index is 957. The number of amides is 1. The molecule has 0 saturated heterocycles. The number of carbonyl (C=O) groups is 2. The average molecular weight is 439 g/mol. The standard InChI is InChI=1S/C20H23ClN2O5S/c1-3-23(4-2)29(26,27)18-7-5-6-16(12-18)20(25)28-14-19(24)22-13-15-8-10-17(21)11-9-15/h5-12H,3-4,13-14H2,1-2H3,(H,22,24). The van der Waals surface area contributed by atoms with Gasteiger partial charge < -0.3 is 10.1 Å². The van der Waals surface area contributed by atoms with Crippen LogP contribution in [-0.4, -0.2) is 44.3 Å². The van der Waals surface area contributed by atoms with Gasteiger partial charge in [0, 0.05) is 24.7 Å². The highest BCUT2D eigenvalue weighted by Crippen LogP contribution is 2.17. The molecule has 2 rings (SSSR count). The zero-order valence-electron chi connectivity index (χ0n) is 16.2. The van der Waals surface area contributed by atoms with E-state index in [0.29, 0.717) is 18.1 Å². The minimum atomic E-state index is -3.69. The first kappa shape index (κ1) is 22.9. The van der Waals surface area contributed by atoms with Gasteiger partial charge in [0.2, 0.25) is 10.0 Å². The van der Waals surface area contributed by atoms with Crippen molar-refractivity contribution in [3.05, 3.63) is 64.7 Å². The van der Waals surface area contributed by atoms with E-state index in [-0.39, 0.29) is 17.0 Å². The molecule has 156 valence electrons. The van der Waals surface area contributed by atoms with Crippen molar-refractivity contribution in [1.82, 2.24) is 9.62 Å². The molecule has 2 aromatic carbocycles. The summed E-state index contributed by atoms with van der Waals surface area (Å²) in [7, 11) is -3.69. The molecule has 0 aliphatic heterocycles. The molecule has 29 heavy (non-hydrogen) atoms. The average Bonchev–Trinajstić information content (AvgIpc) is 2.72. The Morgan fingerprint density at radius 3 is 2.34 bits per heavy atom. The molecule has 2 aromatic rings. The Hall–Kier alpha value is -2.42. The van der Waals surface area contributed by atoms with Crippen molar-refractivity contribution >= 4 is 33.5 Å². The molecule has 9 heteroatoms. The van der Waals surface area contributed by atoms with Crippen LogP contribution >= 0.6 is 11.6 Å². The second kappa shape index (κ2) is 10.4. The molecule has 0 bridgehead atoms. The summed E-state index contributed by atoms with van der Waals surface area (Å²) in [5, 5.41) is 3.23. The van der Waals surface area contributed by atoms with Crippen molar-refractivity contribution in [2.75, 3.05) is 19.7 Å². The summed E-state index contributed by atoms with van der Waals surface area (Å²) in [6.45, 7) is 3.91. The van der Waals surface area contributed by atoms with E-state index >= 15 is 0 Å². The van der Waals surface area contributed by atoms with E-state index in [4.69, 9.17) is 16.3 Å². The van der Waals surface area contributed by atoms with E-state index in [2.05, 4.69) is 5.32 Å². The third kappa shape index (κ3) is 6.28. The Labute approximate surface area is 175 Å². The molecule has 0 heterocycles. The molecule has 7 nitrogen and oxygen atoms in total. The molecule has 1 amide bonds. The first-order valence-electron chi connectivity index (χ1n) is 9.06. The van der Waals surface area contributed by atoms with E-state index < -0.39 is 28.5 Å². The summed E-state index contributed by atoms with van der Waals surface area (Å²) in [6, 6.07) is 12.5. The normalized spacial score (nSPS) is 11.3. The van der Waals surface area contributed by atoms with E-state index in [0.717, 1.165) is 5.56 Å². The van der Waals surface area contributed by atoms with Gasteiger partial charge in [-0.15, -0.1) is 0 Å². The number of hydrogen-bond donors (Lipinski definition) is 1. The summed E-state index contributed by atoms with van der Waals surface area (Å²) in [5.74, 6) is -1.25. The number of carbonyl (C=O) groups excluding carboxylic acids is 2. The minimum absolute atomic E-state index is 0.00263. The van der Waals surface area contributed by atoms with Crippen LogP contribution in [0.2, 0.25) is 5.02 Å². The Kier molecular flexibility index (Phi) is 8.19. The number of benzene rings is 2. The van der Waals surface area contributed by atoms with E-state index in [1.165, 1.54) is 28.6 Å². The highest BCUT2D eigenvalue weighted by Gasteiger charge is 2.23. The summed E-state index contributed by atoms with van der Waals surface area (Å²) in [4.78, 5) is 24.1. The fraction of sp³-hybridized carbons (Fsp3) is 0.300. The number of halogens is 1. The van der Waals surface area contributed by atoms with Gasteiger partial charge in [-0.2, -0.15) is 4.31 Å². The Morgan fingerprint density at radius 2 is 1.72 bits per heavy atom. The lowest BCUT2D eigenvalue weighted by Gasteiger charge is -2.18. The van der Waals surface area contributed by atoms with Crippen LogP contribution in [0.4, 0.5) is 0 Å². The molecular formula is C20H23ClN2O5S. The van der Waals surface area contributed by atoms with Gasteiger partial charge in [0.25, 0.3) is 5.91 Å². The lowest BCUT2D eigenvalue weighted by atomic mass is 10.2. The summed E-state index contributed by atoms with van der Waals surface area (Å²) < 4.78 is 31.4. The van der Waals surface area contributed by atoms with Crippen LogP contribution in [0, 0.1) is 0 Å². The molecular weight excluding hydrogens is 416 g/mol. The van der Waals surface area contributed by atoms with Crippen LogP contribution in [0.3, 0.4) is 0 Å². The topological polar surface area (TPSA) is 92.8 Å². The van der Waals surface area contributed by atoms with Crippen molar-refractivity contribution in [3.63, 3.8) is 0 Å². The first-order chi connectivity index (χ1) is 13.8. The molecule has 0 unspecified atom stereocenters. The second-order valence-corrected chi connectivity index (χ2v) is 8.47. The lowest BCUT2D eigenvalue weighted by Crippen LogP contribution is -2.31. The SMILES string of the molecule is CCN(CC)S(=O)(=O)c1cccc(C(=O)OCC(=O)NCc2ccc(Cl)cc2)c1. The van der Waals surface area contributed by atoms with Gasteiger partial charge >= 0.3 is 5.97 Å². The zero-order valence-corrected chi connectivity index (χ0v) is 17.8. The van der Waals surface area contributed by atoms with Crippen LogP contribution < -0.4 is 5.32 Å².